The van der Waals surface area contributed by atoms with E-state index >= 15 is 8.78 Å². The monoisotopic (exact) mass is 568 g/mol. The van der Waals surface area contributed by atoms with E-state index in [2.05, 4.69) is 28.1 Å². The van der Waals surface area contributed by atoms with Crippen LogP contribution in [0.1, 0.15) is 6.23 Å². The number of nitrogens with two attached hydrogens (primary N) is 1. The summed E-state index contributed by atoms with van der Waals surface area (Å²) in [6, 6.07) is 0.954. The minimum atomic E-state index is -5.97. The summed E-state index contributed by atoms with van der Waals surface area (Å²) in [6.07, 6.45) is -4.85. The van der Waals surface area contributed by atoms with Gasteiger partial charge in [0, 0.05) is 0 Å². The molecule has 24 heteroatoms. The zero-order valence-corrected chi connectivity index (χ0v) is 19.1. The molecule has 0 aromatic carbocycles. The largest absolute Gasteiger partial charge is 0.490 e. The number of ether oxygens (including phenoxy) is 1. The van der Waals surface area contributed by atoms with Crippen LogP contribution >= 0.6 is 23.5 Å². The first-order valence-electron chi connectivity index (χ1n) is 8.48. The molecule has 3 heterocycles. The molecule has 35 heavy (non-hydrogen) atoms. The molecule has 0 aliphatic carbocycles. The topological polar surface area (TPSA) is 303 Å². The Labute approximate surface area is 190 Å². The van der Waals surface area contributed by atoms with Crippen molar-refractivity contribution in [3.8, 4) is 6.07 Å². The number of halogens is 2. The van der Waals surface area contributed by atoms with Gasteiger partial charge in [-0.2, -0.15) is 18.9 Å². The zero-order valence-electron chi connectivity index (χ0n) is 16.4. The Hall–Kier alpha value is -2.17. The summed E-state index contributed by atoms with van der Waals surface area (Å²) < 4.78 is 80.6. The van der Waals surface area contributed by atoms with Gasteiger partial charge in [-0.25, -0.2) is 27.5 Å². The average Bonchev–Trinajstić information content (AvgIpc) is 3.18. The fraction of sp³-hybridized carbons (Fsp3) is 0.455. The van der Waals surface area contributed by atoms with Crippen LogP contribution in [0.25, 0.3) is 11.2 Å². The Morgan fingerprint density at radius 3 is 2.46 bits per heavy atom. The smallest absolute Gasteiger partial charge is 0.382 e. The number of anilines is 1. The number of nitrogen functional groups attached to an aromatic ring is 1. The Morgan fingerprint density at radius 1 is 1.26 bits per heavy atom. The number of alkyl halides is 2. The first kappa shape index (κ1) is 27.4. The van der Waals surface area contributed by atoms with Crippen molar-refractivity contribution in [3.63, 3.8) is 0 Å². The van der Waals surface area contributed by atoms with Gasteiger partial charge in [0.2, 0.25) is 5.95 Å². The lowest BCUT2D eigenvalue weighted by atomic mass is 9.96. The van der Waals surface area contributed by atoms with Crippen LogP contribution in [0.4, 0.5) is 14.7 Å². The summed E-state index contributed by atoms with van der Waals surface area (Å²) in [5.41, 5.74) is -0.173. The number of nitriles is 1. The highest BCUT2D eigenvalue weighted by Crippen LogP contribution is 2.66. The van der Waals surface area contributed by atoms with Crippen molar-refractivity contribution < 1.29 is 65.0 Å². The molecule has 1 fully saturated rings. The van der Waals surface area contributed by atoms with Gasteiger partial charge in [0.15, 0.2) is 23.5 Å². The van der Waals surface area contributed by atoms with Gasteiger partial charge in [0.1, 0.15) is 12.7 Å². The molecular weight excluding hydrogens is 555 g/mol. The number of nitrogens with one attached hydrogen (secondary N) is 1. The third-order valence-electron chi connectivity index (χ3n) is 4.19. The van der Waals surface area contributed by atoms with E-state index in [9.17, 15) is 33.8 Å². The number of rotatable bonds is 8. The third kappa shape index (κ3) is 5.49. The van der Waals surface area contributed by atoms with Gasteiger partial charge in [-0.15, -0.1) is 0 Å². The highest BCUT2D eigenvalue weighted by Gasteiger charge is 2.68. The molecule has 8 N–H and O–H groups in total. The summed E-state index contributed by atoms with van der Waals surface area (Å²) in [5, 5.41) is 19.4. The highest BCUT2D eigenvalue weighted by atomic mass is 31.3. The van der Waals surface area contributed by atoms with Crippen LogP contribution in [0.15, 0.2) is 11.1 Å². The maximum absolute atomic E-state index is 15.4. The molecule has 6 atom stereocenters. The first-order chi connectivity index (χ1) is 15.8. The lowest BCUT2D eigenvalue weighted by Gasteiger charge is -2.24. The fourth-order valence-electron chi connectivity index (χ4n) is 2.86. The number of aromatic nitrogens is 4. The normalized spacial score (nSPS) is 30.6. The fourth-order valence-corrected chi connectivity index (χ4v) is 5.89. The molecule has 1 aliphatic heterocycles. The molecule has 3 rings (SSSR count). The van der Waals surface area contributed by atoms with Gasteiger partial charge in [-0.1, -0.05) is 0 Å². The van der Waals surface area contributed by atoms with Crippen molar-refractivity contribution >= 4 is 40.6 Å². The lowest BCUT2D eigenvalue weighted by molar-refractivity contribution is -0.203. The summed E-state index contributed by atoms with van der Waals surface area (Å²) in [6.45, 7) is -1.95. The molecule has 0 saturated carbocycles. The third-order valence-corrected chi connectivity index (χ3v) is 7.97. The number of aliphatic hydroxyl groups excluding tert-OH is 1. The van der Waals surface area contributed by atoms with E-state index in [1.165, 1.54) is 0 Å². The standard InChI is InChI=1S/C11H13F2N6O13P3/c12-10(1-14)7(21)11(13,2-29-34(25,26)32-35(27,28)31-33(22,23)24)30-8(10)19-3-16-4-5(19)17-9(15)18-6(4)20/h3,7-8,21H,2H2,(H,25,26)(H,27,28)(H2,22,23,24)(H3,15,17,18,20)/t7-,8+,10+,11+/m0/s1. The van der Waals surface area contributed by atoms with Crippen LogP contribution in [-0.4, -0.2) is 68.4 Å². The highest BCUT2D eigenvalue weighted by molar-refractivity contribution is 7.66. The number of aromatic amines is 1. The summed E-state index contributed by atoms with van der Waals surface area (Å²) in [7, 11) is -17.6. The van der Waals surface area contributed by atoms with Crippen LogP contribution < -0.4 is 11.3 Å². The molecule has 0 bridgehead atoms. The molecule has 1 saturated heterocycles. The van der Waals surface area contributed by atoms with E-state index in [0.29, 0.717) is 10.9 Å². The lowest BCUT2D eigenvalue weighted by Crippen LogP contribution is -2.47. The van der Waals surface area contributed by atoms with E-state index in [0.717, 1.165) is 6.07 Å². The number of H-pyrrole nitrogens is 1. The van der Waals surface area contributed by atoms with Crippen LogP contribution in [0.2, 0.25) is 0 Å². The van der Waals surface area contributed by atoms with Crippen molar-refractivity contribution in [3.05, 3.63) is 16.7 Å². The van der Waals surface area contributed by atoms with Crippen molar-refractivity contribution in [2.45, 2.75) is 23.9 Å². The van der Waals surface area contributed by atoms with E-state index in [4.69, 9.17) is 25.2 Å². The molecule has 194 valence electrons. The minimum Gasteiger partial charge on any atom is -0.382 e. The molecule has 2 unspecified atom stereocenters. The SMILES string of the molecule is N#C[C@]1(F)[C@H](n2cnc3c(=O)[nH]c(N)nc32)O[C@](F)(COP(=O)(O)OP(=O)(O)OP(=O)(O)O)[C@H]1O. The number of phosphoric acid groups is 3. The number of imidazole rings is 1. The van der Waals surface area contributed by atoms with E-state index in [-0.39, 0.29) is 0 Å². The minimum absolute atomic E-state index is 0.456. The van der Waals surface area contributed by atoms with Gasteiger partial charge in [-0.05, 0) is 0 Å². The second-order valence-corrected chi connectivity index (χ2v) is 11.1. The second kappa shape index (κ2) is 8.74. The predicted molar refractivity (Wildman–Crippen MR) is 102 cm³/mol. The molecular formula is C11H13F2N6O13P3. The Morgan fingerprint density at radius 2 is 1.89 bits per heavy atom. The van der Waals surface area contributed by atoms with Gasteiger partial charge in [0.25, 0.3) is 17.1 Å². The van der Waals surface area contributed by atoms with E-state index in [1.54, 1.807) is 0 Å². The van der Waals surface area contributed by atoms with Gasteiger partial charge in [0.05, 0.1) is 6.33 Å². The van der Waals surface area contributed by atoms with Gasteiger partial charge >= 0.3 is 23.5 Å². The van der Waals surface area contributed by atoms with Crippen molar-refractivity contribution in [1.82, 2.24) is 19.5 Å². The predicted octanol–water partition coefficient (Wildman–Crippen LogP) is -1.17. The van der Waals surface area contributed by atoms with E-state index in [1.807, 2.05) is 0 Å². The van der Waals surface area contributed by atoms with Crippen molar-refractivity contribution in [2.24, 2.45) is 0 Å². The summed E-state index contributed by atoms with van der Waals surface area (Å²) in [4.78, 5) is 56.7. The molecule has 0 radical (unpaired) electrons. The molecule has 19 nitrogen and oxygen atoms in total. The maximum Gasteiger partial charge on any atom is 0.490 e. The summed E-state index contributed by atoms with van der Waals surface area (Å²) in [5.74, 6) is -4.34. The number of hydrogen-bond donors (Lipinski definition) is 7. The summed E-state index contributed by atoms with van der Waals surface area (Å²) >= 11 is 0. The number of phosphoric ester groups is 1. The second-order valence-electron chi connectivity index (χ2n) is 6.68. The number of aliphatic hydroxyl groups is 1. The Bertz CT molecular complexity index is 1410. The average molecular weight is 568 g/mol. The maximum atomic E-state index is 15.4. The molecule has 2 aromatic rings. The van der Waals surface area contributed by atoms with Crippen LogP contribution in [0.5, 0.6) is 0 Å². The number of fused-ring (bicyclic) bond motifs is 1. The molecule has 0 amide bonds. The van der Waals surface area contributed by atoms with Crippen LogP contribution in [-0.2, 0) is 31.6 Å². The van der Waals surface area contributed by atoms with Crippen LogP contribution in [0.3, 0.4) is 0 Å². The van der Waals surface area contributed by atoms with Crippen molar-refractivity contribution in [2.75, 3.05) is 12.3 Å². The zero-order chi connectivity index (χ0) is 26.6. The van der Waals surface area contributed by atoms with Gasteiger partial charge in [-0.3, -0.25) is 18.9 Å². The van der Waals surface area contributed by atoms with Gasteiger partial charge < -0.3 is 35.2 Å². The molecule has 2 aromatic heterocycles. The number of nitrogens with zero attached hydrogens (tertiary/aromatic N) is 4. The Kier molecular flexibility index (Phi) is 6.85. The molecule has 0 spiro atoms. The van der Waals surface area contributed by atoms with Crippen LogP contribution in [0, 0.1) is 11.3 Å². The number of hydrogen-bond acceptors (Lipinski definition) is 13. The first-order valence-corrected chi connectivity index (χ1v) is 13.0. The molecule has 1 aliphatic rings. The Balaban J connectivity index is 1.89. The van der Waals surface area contributed by atoms with Crippen molar-refractivity contribution in [1.29, 1.82) is 5.26 Å². The van der Waals surface area contributed by atoms with E-state index < -0.39 is 76.6 Å². The quantitative estimate of drug-likeness (QED) is 0.185.